The van der Waals surface area contributed by atoms with Crippen LogP contribution in [0.3, 0.4) is 0 Å². The average molecular weight is 357 g/mol. The van der Waals surface area contributed by atoms with E-state index in [4.69, 9.17) is 4.74 Å². The molecule has 1 aromatic carbocycles. The molecule has 0 fully saturated rings. The van der Waals surface area contributed by atoms with E-state index in [1.165, 1.54) is 12.1 Å². The predicted octanol–water partition coefficient (Wildman–Crippen LogP) is 2.76. The number of halogens is 2. The number of aromatic nitrogens is 3. The van der Waals surface area contributed by atoms with Crippen LogP contribution >= 0.6 is 15.9 Å². The number of hydrogen-bond donors (Lipinski definition) is 1. The fourth-order valence-corrected chi connectivity index (χ4v) is 2.15. The third-order valence-electron chi connectivity index (χ3n) is 2.70. The molecule has 21 heavy (non-hydrogen) atoms. The molecule has 0 spiro atoms. The summed E-state index contributed by atoms with van der Waals surface area (Å²) in [5.74, 6) is 0.158. The van der Waals surface area contributed by atoms with Crippen molar-refractivity contribution in [1.82, 2.24) is 20.3 Å². The van der Waals surface area contributed by atoms with Crippen molar-refractivity contribution in [2.45, 2.75) is 33.0 Å². The van der Waals surface area contributed by atoms with E-state index in [1.807, 2.05) is 6.20 Å². The van der Waals surface area contributed by atoms with Gasteiger partial charge in [0.1, 0.15) is 18.2 Å². The molecule has 0 saturated heterocycles. The fourth-order valence-electron chi connectivity index (χ4n) is 1.71. The van der Waals surface area contributed by atoms with Crippen molar-refractivity contribution in [2.24, 2.45) is 0 Å². The number of rotatable bonds is 7. The van der Waals surface area contributed by atoms with Gasteiger partial charge >= 0.3 is 0 Å². The van der Waals surface area contributed by atoms with Gasteiger partial charge < -0.3 is 10.1 Å². The van der Waals surface area contributed by atoms with Crippen molar-refractivity contribution in [3.05, 3.63) is 40.4 Å². The Balaban J connectivity index is 1.80. The summed E-state index contributed by atoms with van der Waals surface area (Å²) >= 11 is 3.23. The van der Waals surface area contributed by atoms with Crippen LogP contribution in [-0.4, -0.2) is 27.6 Å². The van der Waals surface area contributed by atoms with Gasteiger partial charge in [0.25, 0.3) is 0 Å². The van der Waals surface area contributed by atoms with Crippen molar-refractivity contribution < 1.29 is 9.13 Å². The van der Waals surface area contributed by atoms with Gasteiger partial charge in [-0.15, -0.1) is 5.10 Å². The SMILES string of the molecule is CC(C)NCc1cn(CCOc2cc(F)cc(Br)c2)nn1. The van der Waals surface area contributed by atoms with E-state index in [1.54, 1.807) is 10.7 Å². The van der Waals surface area contributed by atoms with Crippen LogP contribution in [0.2, 0.25) is 0 Å². The Labute approximate surface area is 131 Å². The minimum Gasteiger partial charge on any atom is -0.492 e. The van der Waals surface area contributed by atoms with Gasteiger partial charge in [0.05, 0.1) is 12.2 Å². The van der Waals surface area contributed by atoms with Crippen LogP contribution in [0.15, 0.2) is 28.9 Å². The Morgan fingerprint density at radius 2 is 2.19 bits per heavy atom. The van der Waals surface area contributed by atoms with Gasteiger partial charge in [-0.05, 0) is 12.1 Å². The molecule has 2 rings (SSSR count). The molecule has 0 amide bonds. The van der Waals surface area contributed by atoms with Gasteiger partial charge in [0.15, 0.2) is 0 Å². The first-order valence-electron chi connectivity index (χ1n) is 6.74. The number of benzene rings is 1. The molecule has 0 radical (unpaired) electrons. The molecule has 0 saturated carbocycles. The first-order chi connectivity index (χ1) is 10.0. The van der Waals surface area contributed by atoms with Crippen molar-refractivity contribution in [1.29, 1.82) is 0 Å². The third-order valence-corrected chi connectivity index (χ3v) is 3.16. The number of ether oxygens (including phenoxy) is 1. The standard InChI is InChI=1S/C14H18BrFN4O/c1-10(2)17-8-13-9-20(19-18-13)3-4-21-14-6-11(15)5-12(16)7-14/h5-7,9-10,17H,3-4,8H2,1-2H3. The molecule has 1 aromatic heterocycles. The lowest BCUT2D eigenvalue weighted by Gasteiger charge is -2.06. The van der Waals surface area contributed by atoms with E-state index in [0.717, 1.165) is 5.69 Å². The second-order valence-electron chi connectivity index (χ2n) is 4.96. The highest BCUT2D eigenvalue weighted by molar-refractivity contribution is 9.10. The van der Waals surface area contributed by atoms with Gasteiger partial charge in [-0.1, -0.05) is 35.0 Å². The summed E-state index contributed by atoms with van der Waals surface area (Å²) < 4.78 is 21.1. The molecule has 5 nitrogen and oxygen atoms in total. The van der Waals surface area contributed by atoms with E-state index in [0.29, 0.717) is 36.0 Å². The van der Waals surface area contributed by atoms with Crippen LogP contribution < -0.4 is 10.1 Å². The van der Waals surface area contributed by atoms with Gasteiger partial charge in [-0.2, -0.15) is 0 Å². The van der Waals surface area contributed by atoms with Crippen LogP contribution in [0, 0.1) is 5.82 Å². The van der Waals surface area contributed by atoms with E-state index >= 15 is 0 Å². The van der Waals surface area contributed by atoms with Crippen molar-refractivity contribution in [3.63, 3.8) is 0 Å². The predicted molar refractivity (Wildman–Crippen MR) is 81.6 cm³/mol. The van der Waals surface area contributed by atoms with Crippen LogP contribution in [0.5, 0.6) is 5.75 Å². The van der Waals surface area contributed by atoms with Crippen molar-refractivity contribution >= 4 is 15.9 Å². The number of nitrogens with zero attached hydrogens (tertiary/aromatic N) is 3. The van der Waals surface area contributed by atoms with E-state index < -0.39 is 0 Å². The van der Waals surface area contributed by atoms with Crippen molar-refractivity contribution in [3.8, 4) is 5.75 Å². The molecule has 2 aromatic rings. The Morgan fingerprint density at radius 3 is 2.90 bits per heavy atom. The van der Waals surface area contributed by atoms with Crippen molar-refractivity contribution in [2.75, 3.05) is 6.61 Å². The zero-order valence-corrected chi connectivity index (χ0v) is 13.6. The Bertz CT molecular complexity index is 568. The molecule has 114 valence electrons. The minimum absolute atomic E-state index is 0.331. The minimum atomic E-state index is -0.331. The molecule has 0 atom stereocenters. The summed E-state index contributed by atoms with van der Waals surface area (Å²) in [6.07, 6.45) is 1.88. The van der Waals surface area contributed by atoms with Gasteiger partial charge in [-0.3, -0.25) is 0 Å². The topological polar surface area (TPSA) is 52.0 Å². The van der Waals surface area contributed by atoms with Gasteiger partial charge in [0.2, 0.25) is 0 Å². The molecule has 1 heterocycles. The quantitative estimate of drug-likeness (QED) is 0.828. The fraction of sp³-hybridized carbons (Fsp3) is 0.429. The monoisotopic (exact) mass is 356 g/mol. The average Bonchev–Trinajstić information content (AvgIpc) is 2.83. The largest absolute Gasteiger partial charge is 0.492 e. The molecule has 0 bridgehead atoms. The van der Waals surface area contributed by atoms with Gasteiger partial charge in [0, 0.05) is 29.3 Å². The maximum absolute atomic E-state index is 13.2. The maximum atomic E-state index is 13.2. The normalized spacial score (nSPS) is 11.1. The Morgan fingerprint density at radius 1 is 1.38 bits per heavy atom. The van der Waals surface area contributed by atoms with Crippen LogP contribution in [0.25, 0.3) is 0 Å². The molecule has 0 unspecified atom stereocenters. The molecular formula is C14H18BrFN4O. The lowest BCUT2D eigenvalue weighted by atomic mass is 10.3. The van der Waals surface area contributed by atoms with Crippen LogP contribution in [0.1, 0.15) is 19.5 Å². The first-order valence-corrected chi connectivity index (χ1v) is 7.53. The highest BCUT2D eigenvalue weighted by Gasteiger charge is 2.03. The second-order valence-corrected chi connectivity index (χ2v) is 5.88. The zero-order chi connectivity index (χ0) is 15.2. The van der Waals surface area contributed by atoms with Crippen LogP contribution in [-0.2, 0) is 13.1 Å². The van der Waals surface area contributed by atoms with E-state index in [9.17, 15) is 4.39 Å². The summed E-state index contributed by atoms with van der Waals surface area (Å²) in [5.41, 5.74) is 0.886. The lowest BCUT2D eigenvalue weighted by Crippen LogP contribution is -2.21. The molecule has 0 aliphatic carbocycles. The Hall–Kier alpha value is -1.47. The lowest BCUT2D eigenvalue weighted by molar-refractivity contribution is 0.288. The molecular weight excluding hydrogens is 339 g/mol. The van der Waals surface area contributed by atoms with Crippen LogP contribution in [0.4, 0.5) is 4.39 Å². The summed E-state index contributed by atoms with van der Waals surface area (Å²) in [7, 11) is 0. The molecule has 0 aliphatic rings. The summed E-state index contributed by atoms with van der Waals surface area (Å²) in [5, 5.41) is 11.4. The van der Waals surface area contributed by atoms with Gasteiger partial charge in [-0.25, -0.2) is 9.07 Å². The molecule has 1 N–H and O–H groups in total. The second kappa shape index (κ2) is 7.51. The highest BCUT2D eigenvalue weighted by atomic mass is 79.9. The summed E-state index contributed by atoms with van der Waals surface area (Å²) in [6.45, 7) is 5.80. The van der Waals surface area contributed by atoms with E-state index in [2.05, 4.69) is 45.4 Å². The third kappa shape index (κ3) is 5.43. The first kappa shape index (κ1) is 15.9. The maximum Gasteiger partial charge on any atom is 0.128 e. The Kier molecular flexibility index (Phi) is 5.69. The highest BCUT2D eigenvalue weighted by Crippen LogP contribution is 2.20. The summed E-state index contributed by atoms with van der Waals surface area (Å²) in [6, 6.07) is 4.87. The number of nitrogens with one attached hydrogen (secondary N) is 1. The van der Waals surface area contributed by atoms with E-state index in [-0.39, 0.29) is 5.82 Å². The zero-order valence-electron chi connectivity index (χ0n) is 12.0. The molecule has 7 heteroatoms. The number of hydrogen-bond acceptors (Lipinski definition) is 4. The molecule has 0 aliphatic heterocycles. The summed E-state index contributed by atoms with van der Waals surface area (Å²) in [4.78, 5) is 0. The smallest absolute Gasteiger partial charge is 0.128 e.